The number of hydrogen-bond donors (Lipinski definition) is 0. The van der Waals surface area contributed by atoms with Gasteiger partial charge in [0.1, 0.15) is 13.2 Å². The first kappa shape index (κ1) is 22.3. The third kappa shape index (κ3) is 5.34. The van der Waals surface area contributed by atoms with E-state index in [-0.39, 0.29) is 5.91 Å². The van der Waals surface area contributed by atoms with Crippen LogP contribution < -0.4 is 9.47 Å². The Morgan fingerprint density at radius 2 is 1.59 bits per heavy atom. The van der Waals surface area contributed by atoms with Crippen molar-refractivity contribution in [2.75, 3.05) is 19.8 Å². The van der Waals surface area contributed by atoms with Gasteiger partial charge in [0.05, 0.1) is 11.4 Å². The van der Waals surface area contributed by atoms with Gasteiger partial charge in [0.25, 0.3) is 5.91 Å². The molecule has 0 spiro atoms. The Bertz CT molecular complexity index is 1210. The van der Waals surface area contributed by atoms with E-state index in [0.29, 0.717) is 37.0 Å². The second-order valence-electron chi connectivity index (χ2n) is 8.14. The van der Waals surface area contributed by atoms with E-state index in [1.54, 1.807) is 0 Å². The van der Waals surface area contributed by atoms with Crippen molar-refractivity contribution in [1.29, 1.82) is 0 Å². The molecule has 5 rings (SSSR count). The highest BCUT2D eigenvalue weighted by molar-refractivity contribution is 8.18. The van der Waals surface area contributed by atoms with Crippen LogP contribution in [0.3, 0.4) is 0 Å². The lowest BCUT2D eigenvalue weighted by Gasteiger charge is -2.18. The Kier molecular flexibility index (Phi) is 6.96. The van der Waals surface area contributed by atoms with E-state index in [9.17, 15) is 4.79 Å². The smallest absolute Gasteiger partial charge is 0.266 e. The van der Waals surface area contributed by atoms with Crippen molar-refractivity contribution in [3.8, 4) is 11.5 Å². The normalized spacial score (nSPS) is 17.5. The molecule has 0 aliphatic carbocycles. The van der Waals surface area contributed by atoms with Gasteiger partial charge in [0.15, 0.2) is 16.7 Å². The van der Waals surface area contributed by atoms with E-state index < -0.39 is 0 Å². The molecule has 0 unspecified atom stereocenters. The highest BCUT2D eigenvalue weighted by Gasteiger charge is 2.33. The first-order chi connectivity index (χ1) is 16.8. The lowest BCUT2D eigenvalue weighted by atomic mass is 10.1. The predicted molar refractivity (Wildman–Crippen MR) is 137 cm³/mol. The average Bonchev–Trinajstić information content (AvgIpc) is 3.18. The standard InChI is InChI=1S/C28H26N2O3S/c31-27-26(19-23-13-14-24-25(18-23)33-17-16-32-24)34-28(29-20-22-10-5-2-6-11-22)30(27)15-7-12-21-8-3-1-4-9-21/h1-6,8-11,13-14,18-19H,7,12,15-17,20H2/b26-19-,29-28-. The molecule has 0 aromatic heterocycles. The molecule has 2 aliphatic heterocycles. The van der Waals surface area contributed by atoms with E-state index in [2.05, 4.69) is 24.3 Å². The van der Waals surface area contributed by atoms with Crippen LogP contribution in [0.5, 0.6) is 11.5 Å². The largest absolute Gasteiger partial charge is 0.486 e. The summed E-state index contributed by atoms with van der Waals surface area (Å²) in [7, 11) is 0. The molecule has 0 N–H and O–H groups in total. The Morgan fingerprint density at radius 1 is 0.882 bits per heavy atom. The first-order valence-electron chi connectivity index (χ1n) is 11.5. The van der Waals surface area contributed by atoms with Gasteiger partial charge in [0, 0.05) is 6.54 Å². The molecule has 0 radical (unpaired) electrons. The molecule has 3 aromatic rings. The van der Waals surface area contributed by atoms with Gasteiger partial charge in [-0.3, -0.25) is 14.7 Å². The van der Waals surface area contributed by atoms with Crippen LogP contribution in [0.1, 0.15) is 23.1 Å². The third-order valence-electron chi connectivity index (χ3n) is 5.68. The quantitative estimate of drug-likeness (QED) is 0.424. The predicted octanol–water partition coefficient (Wildman–Crippen LogP) is 5.56. The van der Waals surface area contributed by atoms with E-state index in [4.69, 9.17) is 14.5 Å². The molecule has 1 amide bonds. The van der Waals surface area contributed by atoms with E-state index in [1.165, 1.54) is 17.3 Å². The monoisotopic (exact) mass is 470 g/mol. The summed E-state index contributed by atoms with van der Waals surface area (Å²) in [5, 5.41) is 0.755. The average molecular weight is 471 g/mol. The number of thioether (sulfide) groups is 1. The maximum absolute atomic E-state index is 13.4. The fourth-order valence-corrected chi connectivity index (χ4v) is 4.96. The number of carbonyl (C=O) groups is 1. The SMILES string of the molecule is O=C1/C(=C/c2ccc3c(c2)OCCO3)S/C(=N\Cc2ccccc2)N1CCCc1ccccc1. The summed E-state index contributed by atoms with van der Waals surface area (Å²) >= 11 is 1.44. The zero-order valence-electron chi connectivity index (χ0n) is 18.9. The van der Waals surface area contributed by atoms with Crippen LogP contribution in [0.25, 0.3) is 6.08 Å². The third-order valence-corrected chi connectivity index (χ3v) is 6.73. The van der Waals surface area contributed by atoms with E-state index >= 15 is 0 Å². The number of hydrogen-bond acceptors (Lipinski definition) is 5. The van der Waals surface area contributed by atoms with E-state index in [0.717, 1.165) is 34.9 Å². The Hall–Kier alpha value is -3.51. The summed E-state index contributed by atoms with van der Waals surface area (Å²) in [5.41, 5.74) is 3.31. The van der Waals surface area contributed by atoms with Crippen molar-refractivity contribution in [3.05, 3.63) is 100 Å². The fourth-order valence-electron chi connectivity index (χ4n) is 3.95. The highest BCUT2D eigenvalue weighted by atomic mass is 32.2. The summed E-state index contributed by atoms with van der Waals surface area (Å²) in [6.07, 6.45) is 3.71. The first-order valence-corrected chi connectivity index (χ1v) is 12.3. The van der Waals surface area contributed by atoms with Crippen LogP contribution in [0.2, 0.25) is 0 Å². The molecule has 0 bridgehead atoms. The molecule has 34 heavy (non-hydrogen) atoms. The number of benzene rings is 3. The topological polar surface area (TPSA) is 51.1 Å². The number of nitrogens with zero attached hydrogens (tertiary/aromatic N) is 2. The summed E-state index contributed by atoms with van der Waals surface area (Å²) in [5.74, 6) is 1.46. The van der Waals surface area contributed by atoms with Crippen LogP contribution in [-0.2, 0) is 17.8 Å². The van der Waals surface area contributed by atoms with Crippen LogP contribution in [-0.4, -0.2) is 35.7 Å². The molecule has 1 fully saturated rings. The molecule has 1 saturated heterocycles. The fraction of sp³-hybridized carbons (Fsp3) is 0.214. The maximum atomic E-state index is 13.4. The number of ether oxygens (including phenoxy) is 2. The molecule has 0 atom stereocenters. The second kappa shape index (κ2) is 10.6. The van der Waals surface area contributed by atoms with Crippen molar-refractivity contribution < 1.29 is 14.3 Å². The minimum atomic E-state index is -0.000220. The molecule has 3 aromatic carbocycles. The molecule has 0 saturated carbocycles. The van der Waals surface area contributed by atoms with Gasteiger partial charge in [-0.25, -0.2) is 0 Å². The summed E-state index contributed by atoms with van der Waals surface area (Å²) in [6, 6.07) is 26.3. The minimum absolute atomic E-state index is 0.000220. The van der Waals surface area contributed by atoms with Gasteiger partial charge in [0.2, 0.25) is 0 Å². The van der Waals surface area contributed by atoms with Crippen molar-refractivity contribution >= 4 is 28.9 Å². The van der Waals surface area contributed by atoms with Gasteiger partial charge in [-0.05, 0) is 59.5 Å². The zero-order valence-corrected chi connectivity index (χ0v) is 19.7. The molecule has 2 heterocycles. The van der Waals surface area contributed by atoms with Crippen LogP contribution in [0.15, 0.2) is 88.8 Å². The Balaban J connectivity index is 1.35. The van der Waals surface area contributed by atoms with Crippen molar-refractivity contribution in [1.82, 2.24) is 4.90 Å². The molecule has 172 valence electrons. The van der Waals surface area contributed by atoms with Crippen molar-refractivity contribution in [2.45, 2.75) is 19.4 Å². The minimum Gasteiger partial charge on any atom is -0.486 e. The molecular weight excluding hydrogens is 444 g/mol. The Morgan fingerprint density at radius 3 is 2.35 bits per heavy atom. The second-order valence-corrected chi connectivity index (χ2v) is 9.15. The Labute approximate surface area is 204 Å². The van der Waals surface area contributed by atoms with Gasteiger partial charge in [-0.15, -0.1) is 0 Å². The number of aryl methyl sites for hydroxylation is 1. The number of fused-ring (bicyclic) bond motifs is 1. The summed E-state index contributed by atoms with van der Waals surface area (Å²) in [4.78, 5) is 20.7. The van der Waals surface area contributed by atoms with Crippen LogP contribution >= 0.6 is 11.8 Å². The molecular formula is C28H26N2O3S. The van der Waals surface area contributed by atoms with Crippen molar-refractivity contribution in [3.63, 3.8) is 0 Å². The lowest BCUT2D eigenvalue weighted by Crippen LogP contribution is -2.30. The summed E-state index contributed by atoms with van der Waals surface area (Å²) < 4.78 is 11.3. The number of carbonyl (C=O) groups excluding carboxylic acids is 1. The zero-order chi connectivity index (χ0) is 23.2. The molecule has 2 aliphatic rings. The van der Waals surface area contributed by atoms with Crippen molar-refractivity contribution in [2.24, 2.45) is 4.99 Å². The van der Waals surface area contributed by atoms with Gasteiger partial charge in [-0.2, -0.15) is 0 Å². The van der Waals surface area contributed by atoms with Gasteiger partial charge < -0.3 is 9.47 Å². The number of amidine groups is 1. The number of aliphatic imine (C=N–C) groups is 1. The van der Waals surface area contributed by atoms with Crippen LogP contribution in [0.4, 0.5) is 0 Å². The van der Waals surface area contributed by atoms with Gasteiger partial charge >= 0.3 is 0 Å². The summed E-state index contributed by atoms with van der Waals surface area (Å²) in [6.45, 7) is 2.27. The maximum Gasteiger partial charge on any atom is 0.266 e. The number of amides is 1. The molecule has 6 heteroatoms. The highest BCUT2D eigenvalue weighted by Crippen LogP contribution is 2.36. The van der Waals surface area contributed by atoms with Gasteiger partial charge in [-0.1, -0.05) is 66.7 Å². The lowest BCUT2D eigenvalue weighted by molar-refractivity contribution is -0.122. The van der Waals surface area contributed by atoms with Crippen LogP contribution in [0, 0.1) is 0 Å². The van der Waals surface area contributed by atoms with E-state index in [1.807, 2.05) is 65.6 Å². The molecule has 5 nitrogen and oxygen atoms in total. The number of rotatable bonds is 7.